The summed E-state index contributed by atoms with van der Waals surface area (Å²) in [4.78, 5) is 40.6. The van der Waals surface area contributed by atoms with E-state index in [1.807, 2.05) is 18.2 Å². The third-order valence-corrected chi connectivity index (χ3v) is 8.21. The SMILES string of the molecule is CN1C(=O)c2cc(NC(=O)C3CCOCC3)ccc2OC[C@@H]2O[C@H](CC(=O)NCc3ccc4c(c3)OCO4)CC[C@@H]21. The summed E-state index contributed by atoms with van der Waals surface area (Å²) in [6, 6.07) is 10.6. The van der Waals surface area contributed by atoms with Crippen molar-refractivity contribution in [1.29, 1.82) is 0 Å². The van der Waals surface area contributed by atoms with Gasteiger partial charge in [-0.1, -0.05) is 6.07 Å². The number of fused-ring (bicyclic) bond motifs is 3. The number of nitrogens with one attached hydrogen (secondary N) is 2. The van der Waals surface area contributed by atoms with E-state index in [2.05, 4.69) is 10.6 Å². The van der Waals surface area contributed by atoms with Crippen molar-refractivity contribution in [3.8, 4) is 17.2 Å². The molecular formula is C30H35N3O8. The van der Waals surface area contributed by atoms with Gasteiger partial charge in [0.15, 0.2) is 11.5 Å². The first kappa shape index (κ1) is 27.3. The molecule has 0 aliphatic carbocycles. The minimum Gasteiger partial charge on any atom is -0.490 e. The molecule has 4 aliphatic heterocycles. The Labute approximate surface area is 238 Å². The average molecular weight is 566 g/mol. The summed E-state index contributed by atoms with van der Waals surface area (Å²) in [5, 5.41) is 5.90. The second-order valence-corrected chi connectivity index (χ2v) is 10.9. The molecule has 0 unspecified atom stereocenters. The number of benzene rings is 2. The Morgan fingerprint density at radius 3 is 2.61 bits per heavy atom. The Bertz CT molecular complexity index is 1310. The maximum atomic E-state index is 13.5. The topological polar surface area (TPSA) is 125 Å². The normalized spacial score (nSPS) is 23.9. The number of anilines is 1. The molecule has 0 spiro atoms. The van der Waals surface area contributed by atoms with Crippen molar-refractivity contribution < 1.29 is 38.1 Å². The van der Waals surface area contributed by atoms with Crippen LogP contribution in [-0.4, -0.2) is 74.5 Å². The van der Waals surface area contributed by atoms with Crippen LogP contribution in [0.5, 0.6) is 17.2 Å². The van der Waals surface area contributed by atoms with Crippen LogP contribution in [0.2, 0.25) is 0 Å². The molecule has 4 aliphatic rings. The Balaban J connectivity index is 1.05. The molecular weight excluding hydrogens is 530 g/mol. The average Bonchev–Trinajstić information content (AvgIpc) is 3.47. The highest BCUT2D eigenvalue weighted by atomic mass is 16.7. The molecule has 4 heterocycles. The van der Waals surface area contributed by atoms with E-state index in [1.165, 1.54) is 0 Å². The summed E-state index contributed by atoms with van der Waals surface area (Å²) in [6.07, 6.45) is 2.28. The Morgan fingerprint density at radius 1 is 0.951 bits per heavy atom. The van der Waals surface area contributed by atoms with E-state index in [-0.39, 0.29) is 61.7 Å². The molecule has 0 bridgehead atoms. The number of nitrogens with zero attached hydrogens (tertiary/aromatic N) is 1. The summed E-state index contributed by atoms with van der Waals surface area (Å²) in [5.41, 5.74) is 1.89. The maximum Gasteiger partial charge on any atom is 0.257 e. The van der Waals surface area contributed by atoms with Crippen molar-refractivity contribution >= 4 is 23.4 Å². The van der Waals surface area contributed by atoms with E-state index in [9.17, 15) is 14.4 Å². The van der Waals surface area contributed by atoms with Crippen LogP contribution >= 0.6 is 0 Å². The van der Waals surface area contributed by atoms with Crippen LogP contribution in [-0.2, 0) is 25.6 Å². The second kappa shape index (κ2) is 12.0. The number of hydrogen-bond donors (Lipinski definition) is 2. The zero-order valence-electron chi connectivity index (χ0n) is 23.1. The van der Waals surface area contributed by atoms with Crippen molar-refractivity contribution in [2.45, 2.75) is 56.9 Å². The van der Waals surface area contributed by atoms with Crippen LogP contribution < -0.4 is 24.8 Å². The summed E-state index contributed by atoms with van der Waals surface area (Å²) >= 11 is 0. The van der Waals surface area contributed by atoms with Gasteiger partial charge < -0.3 is 39.2 Å². The van der Waals surface area contributed by atoms with Crippen molar-refractivity contribution in [1.82, 2.24) is 10.2 Å². The standard InChI is InChI=1S/C30H35N3O8/c1-33-23-5-4-21(14-28(34)31-15-18-2-6-25-26(12-18)40-17-39-25)41-27(23)16-38-24-7-3-20(13-22(24)30(33)36)32-29(35)19-8-10-37-11-9-19/h2-3,6-7,12-13,19,21,23,27H,4-5,8-11,14-17H2,1H3,(H,31,34)(H,32,35)/t21-,23-,27-/m0/s1. The van der Waals surface area contributed by atoms with Crippen LogP contribution in [0.15, 0.2) is 36.4 Å². The first-order valence-electron chi connectivity index (χ1n) is 14.2. The predicted molar refractivity (Wildman–Crippen MR) is 147 cm³/mol. The van der Waals surface area contributed by atoms with E-state index in [4.69, 9.17) is 23.7 Å². The lowest BCUT2D eigenvalue weighted by molar-refractivity contribution is -0.134. The third-order valence-electron chi connectivity index (χ3n) is 8.21. The first-order chi connectivity index (χ1) is 19.9. The van der Waals surface area contributed by atoms with Crippen LogP contribution in [0.25, 0.3) is 0 Å². The number of likely N-dealkylation sites (N-methyl/N-ethyl adjacent to an activating group) is 1. The van der Waals surface area contributed by atoms with Crippen LogP contribution in [0.4, 0.5) is 5.69 Å². The fraction of sp³-hybridized carbons (Fsp3) is 0.500. The van der Waals surface area contributed by atoms with Crippen molar-refractivity contribution in [2.24, 2.45) is 5.92 Å². The molecule has 0 radical (unpaired) electrons. The lowest BCUT2D eigenvalue weighted by Crippen LogP contribution is -2.53. The fourth-order valence-corrected chi connectivity index (χ4v) is 5.84. The van der Waals surface area contributed by atoms with Gasteiger partial charge >= 0.3 is 0 Å². The molecule has 3 amide bonds. The Hall–Kier alpha value is -3.83. The molecule has 2 fully saturated rings. The van der Waals surface area contributed by atoms with Crippen molar-refractivity contribution in [3.63, 3.8) is 0 Å². The quantitative estimate of drug-likeness (QED) is 0.548. The lowest BCUT2D eigenvalue weighted by atomic mass is 9.94. The van der Waals surface area contributed by atoms with E-state index in [1.54, 1.807) is 30.1 Å². The molecule has 11 nitrogen and oxygen atoms in total. The van der Waals surface area contributed by atoms with Gasteiger partial charge in [-0.2, -0.15) is 0 Å². The van der Waals surface area contributed by atoms with Gasteiger partial charge in [-0.3, -0.25) is 14.4 Å². The van der Waals surface area contributed by atoms with Crippen LogP contribution in [0.3, 0.4) is 0 Å². The van der Waals surface area contributed by atoms with Gasteiger partial charge in [-0.25, -0.2) is 0 Å². The highest BCUT2D eigenvalue weighted by Gasteiger charge is 2.39. The molecule has 2 N–H and O–H groups in total. The van der Waals surface area contributed by atoms with E-state index in [0.717, 1.165) is 5.56 Å². The molecule has 0 aromatic heterocycles. The van der Waals surface area contributed by atoms with Gasteiger partial charge in [0.1, 0.15) is 18.5 Å². The molecule has 2 aromatic rings. The number of ether oxygens (including phenoxy) is 5. The third kappa shape index (κ3) is 6.11. The minimum atomic E-state index is -0.370. The molecule has 0 saturated carbocycles. The van der Waals surface area contributed by atoms with E-state index < -0.39 is 0 Å². The second-order valence-electron chi connectivity index (χ2n) is 10.9. The number of carbonyl (C=O) groups excluding carboxylic acids is 3. The molecule has 3 atom stereocenters. The van der Waals surface area contributed by atoms with Gasteiger partial charge in [0.05, 0.1) is 24.1 Å². The van der Waals surface area contributed by atoms with E-state index in [0.29, 0.717) is 73.9 Å². The van der Waals surface area contributed by atoms with Crippen molar-refractivity contribution in [3.05, 3.63) is 47.5 Å². The summed E-state index contributed by atoms with van der Waals surface area (Å²) in [7, 11) is 1.77. The molecule has 41 heavy (non-hydrogen) atoms. The summed E-state index contributed by atoms with van der Waals surface area (Å²) in [5.74, 6) is 1.36. The minimum absolute atomic E-state index is 0.0625. The first-order valence-corrected chi connectivity index (χ1v) is 14.2. The highest BCUT2D eigenvalue weighted by Crippen LogP contribution is 2.34. The summed E-state index contributed by atoms with van der Waals surface area (Å²) < 4.78 is 28.5. The fourth-order valence-electron chi connectivity index (χ4n) is 5.84. The number of amides is 3. The highest BCUT2D eigenvalue weighted by molar-refractivity contribution is 6.00. The zero-order valence-corrected chi connectivity index (χ0v) is 23.1. The van der Waals surface area contributed by atoms with Gasteiger partial charge in [0, 0.05) is 38.4 Å². The van der Waals surface area contributed by atoms with Gasteiger partial charge in [-0.15, -0.1) is 0 Å². The molecule has 2 saturated heterocycles. The van der Waals surface area contributed by atoms with Gasteiger partial charge in [0.25, 0.3) is 5.91 Å². The van der Waals surface area contributed by atoms with Crippen LogP contribution in [0.1, 0.15) is 48.0 Å². The maximum absolute atomic E-state index is 13.5. The number of rotatable bonds is 6. The number of carbonyl (C=O) groups is 3. The molecule has 2 aromatic carbocycles. The smallest absolute Gasteiger partial charge is 0.257 e. The summed E-state index contributed by atoms with van der Waals surface area (Å²) in [6.45, 7) is 1.99. The number of hydrogen-bond acceptors (Lipinski definition) is 8. The monoisotopic (exact) mass is 565 g/mol. The molecule has 6 rings (SSSR count). The molecule has 11 heteroatoms. The Morgan fingerprint density at radius 2 is 1.76 bits per heavy atom. The zero-order chi connectivity index (χ0) is 28.3. The largest absolute Gasteiger partial charge is 0.490 e. The molecule has 218 valence electrons. The van der Waals surface area contributed by atoms with Crippen molar-refractivity contribution in [2.75, 3.05) is 39.0 Å². The van der Waals surface area contributed by atoms with Gasteiger partial charge in [0.2, 0.25) is 18.6 Å². The van der Waals surface area contributed by atoms with E-state index >= 15 is 0 Å². The lowest BCUT2D eigenvalue weighted by Gasteiger charge is -2.42. The van der Waals surface area contributed by atoms with Gasteiger partial charge in [-0.05, 0) is 61.6 Å². The Kier molecular flexibility index (Phi) is 7.97. The van der Waals surface area contributed by atoms with Crippen LogP contribution in [0, 0.1) is 5.92 Å². The predicted octanol–water partition coefficient (Wildman–Crippen LogP) is 2.87.